The number of nitrogens with one attached hydrogen (secondary N) is 2. The summed E-state index contributed by atoms with van der Waals surface area (Å²) in [6, 6.07) is 12.7. The Balaban J connectivity index is 1.61. The maximum atomic E-state index is 12.1. The number of amides is 2. The summed E-state index contributed by atoms with van der Waals surface area (Å²) in [6.07, 6.45) is 0. The minimum atomic E-state index is -0.770. The van der Waals surface area contributed by atoms with Crippen LogP contribution in [0.25, 0.3) is 11.0 Å². The van der Waals surface area contributed by atoms with Crippen LogP contribution < -0.4 is 21.0 Å². The molecule has 2 aromatic carbocycles. The van der Waals surface area contributed by atoms with Gasteiger partial charge < -0.3 is 9.15 Å². The Morgan fingerprint density at radius 3 is 2.67 bits per heavy atom. The maximum Gasteiger partial charge on any atom is 0.305 e. The van der Waals surface area contributed by atoms with E-state index < -0.39 is 17.2 Å². The zero-order valence-corrected chi connectivity index (χ0v) is 15.0. The summed E-state index contributed by atoms with van der Waals surface area (Å²) in [7, 11) is 0. The van der Waals surface area contributed by atoms with Gasteiger partial charge in [-0.3, -0.25) is 25.2 Å². The van der Waals surface area contributed by atoms with E-state index >= 15 is 0 Å². The molecular weight excluding hydrogens is 372 g/mol. The van der Waals surface area contributed by atoms with E-state index in [-0.39, 0.29) is 23.3 Å². The van der Waals surface area contributed by atoms with Crippen molar-refractivity contribution in [3.8, 4) is 5.75 Å². The van der Waals surface area contributed by atoms with Gasteiger partial charge in [-0.1, -0.05) is 29.8 Å². The first-order valence-electron chi connectivity index (χ1n) is 7.95. The van der Waals surface area contributed by atoms with Crippen LogP contribution in [0.4, 0.5) is 0 Å². The normalized spacial score (nSPS) is 10.4. The molecule has 0 saturated carbocycles. The molecule has 3 aromatic rings. The number of hydrazine groups is 1. The molecule has 2 amide bonds. The Hall–Kier alpha value is -3.32. The summed E-state index contributed by atoms with van der Waals surface area (Å²) >= 11 is 5.84. The van der Waals surface area contributed by atoms with Crippen molar-refractivity contribution in [2.24, 2.45) is 0 Å². The van der Waals surface area contributed by atoms with E-state index in [1.807, 2.05) is 19.1 Å². The average molecular weight is 387 g/mol. The van der Waals surface area contributed by atoms with E-state index in [9.17, 15) is 14.4 Å². The van der Waals surface area contributed by atoms with Crippen molar-refractivity contribution in [1.82, 2.24) is 10.9 Å². The molecule has 0 radical (unpaired) electrons. The second-order valence-electron chi connectivity index (χ2n) is 5.67. The lowest BCUT2D eigenvalue weighted by Gasteiger charge is -2.10. The number of para-hydroxylation sites is 1. The molecule has 0 spiro atoms. The van der Waals surface area contributed by atoms with Gasteiger partial charge in [0.15, 0.2) is 17.8 Å². The molecule has 8 heteroatoms. The van der Waals surface area contributed by atoms with Crippen LogP contribution in [0, 0.1) is 6.92 Å². The van der Waals surface area contributed by atoms with Gasteiger partial charge in [-0.05, 0) is 36.8 Å². The first kappa shape index (κ1) is 18.5. The number of ether oxygens (including phenoxy) is 1. The molecule has 7 nitrogen and oxygen atoms in total. The molecule has 0 aliphatic rings. The molecule has 2 N–H and O–H groups in total. The van der Waals surface area contributed by atoms with Crippen molar-refractivity contribution in [2.45, 2.75) is 6.92 Å². The van der Waals surface area contributed by atoms with Crippen LogP contribution in [0.15, 0.2) is 57.7 Å². The molecule has 0 fully saturated rings. The Labute approximate surface area is 158 Å². The van der Waals surface area contributed by atoms with Gasteiger partial charge in [-0.25, -0.2) is 0 Å². The summed E-state index contributed by atoms with van der Waals surface area (Å²) in [4.78, 5) is 36.0. The summed E-state index contributed by atoms with van der Waals surface area (Å²) in [5.74, 6) is -1.01. The van der Waals surface area contributed by atoms with Crippen LogP contribution in [0.1, 0.15) is 16.1 Å². The number of rotatable bonds is 4. The molecule has 138 valence electrons. The van der Waals surface area contributed by atoms with E-state index in [1.54, 1.807) is 18.2 Å². The number of halogens is 1. The first-order chi connectivity index (χ1) is 12.9. The number of fused-ring (bicyclic) bond motifs is 1. The lowest BCUT2D eigenvalue weighted by atomic mass is 10.2. The molecule has 0 unspecified atom stereocenters. The van der Waals surface area contributed by atoms with E-state index in [1.165, 1.54) is 12.1 Å². The fourth-order valence-electron chi connectivity index (χ4n) is 2.33. The third-order valence-electron chi connectivity index (χ3n) is 3.68. The van der Waals surface area contributed by atoms with E-state index in [0.717, 1.165) is 11.6 Å². The van der Waals surface area contributed by atoms with Crippen molar-refractivity contribution in [1.29, 1.82) is 0 Å². The monoisotopic (exact) mass is 386 g/mol. The smallest absolute Gasteiger partial charge is 0.305 e. The molecule has 0 bridgehead atoms. The van der Waals surface area contributed by atoms with Gasteiger partial charge in [0.05, 0.1) is 5.39 Å². The second-order valence-corrected chi connectivity index (χ2v) is 6.11. The molecule has 1 aromatic heterocycles. The molecular formula is C19H15ClN2O5. The number of hydrogen-bond acceptors (Lipinski definition) is 5. The third kappa shape index (κ3) is 4.45. The van der Waals surface area contributed by atoms with Crippen molar-refractivity contribution in [3.05, 3.63) is 75.1 Å². The van der Waals surface area contributed by atoms with Crippen molar-refractivity contribution < 1.29 is 18.7 Å². The van der Waals surface area contributed by atoms with Gasteiger partial charge in [0.25, 0.3) is 5.91 Å². The lowest BCUT2D eigenvalue weighted by molar-refractivity contribution is -0.123. The Kier molecular flexibility index (Phi) is 5.42. The van der Waals surface area contributed by atoms with Crippen LogP contribution in [-0.4, -0.2) is 18.4 Å². The van der Waals surface area contributed by atoms with Gasteiger partial charge in [-0.2, -0.15) is 0 Å². The first-order valence-corrected chi connectivity index (χ1v) is 8.33. The van der Waals surface area contributed by atoms with E-state index in [4.69, 9.17) is 20.8 Å². The van der Waals surface area contributed by atoms with Crippen LogP contribution in [0.2, 0.25) is 5.02 Å². The number of benzene rings is 2. The van der Waals surface area contributed by atoms with Gasteiger partial charge in [0.1, 0.15) is 11.3 Å². The largest absolute Gasteiger partial charge is 0.483 e. The Bertz CT molecular complexity index is 1080. The van der Waals surface area contributed by atoms with Crippen molar-refractivity contribution in [2.75, 3.05) is 6.61 Å². The summed E-state index contributed by atoms with van der Waals surface area (Å²) in [6.45, 7) is 1.56. The molecule has 27 heavy (non-hydrogen) atoms. The molecule has 0 aliphatic heterocycles. The zero-order valence-electron chi connectivity index (χ0n) is 14.2. The predicted octanol–water partition coefficient (Wildman–Crippen LogP) is 2.59. The topological polar surface area (TPSA) is 97.6 Å². The Morgan fingerprint density at radius 2 is 1.89 bits per heavy atom. The minimum Gasteiger partial charge on any atom is -0.483 e. The zero-order chi connectivity index (χ0) is 19.4. The number of hydrogen-bond donors (Lipinski definition) is 2. The highest BCUT2D eigenvalue weighted by Gasteiger charge is 2.14. The summed E-state index contributed by atoms with van der Waals surface area (Å²) < 4.78 is 10.8. The quantitative estimate of drug-likeness (QED) is 0.672. The average Bonchev–Trinajstić information content (AvgIpc) is 2.65. The number of carbonyl (C=O) groups excluding carboxylic acids is 2. The highest BCUT2D eigenvalue weighted by Crippen LogP contribution is 2.18. The Morgan fingerprint density at radius 1 is 1.11 bits per heavy atom. The van der Waals surface area contributed by atoms with Gasteiger partial charge in [0, 0.05) is 11.1 Å². The maximum absolute atomic E-state index is 12.1. The van der Waals surface area contributed by atoms with Gasteiger partial charge >= 0.3 is 5.91 Å². The molecule has 0 atom stereocenters. The highest BCUT2D eigenvalue weighted by atomic mass is 35.5. The lowest BCUT2D eigenvalue weighted by Crippen LogP contribution is -2.44. The molecule has 3 rings (SSSR count). The van der Waals surface area contributed by atoms with Crippen molar-refractivity contribution >= 4 is 34.4 Å². The SMILES string of the molecule is Cc1ccccc1OCC(=O)NNC(=O)c1cc(=O)c2cc(Cl)ccc2o1. The fraction of sp³-hybridized carbons (Fsp3) is 0.105. The van der Waals surface area contributed by atoms with Crippen LogP contribution in [-0.2, 0) is 4.79 Å². The van der Waals surface area contributed by atoms with E-state index in [2.05, 4.69) is 10.9 Å². The fourth-order valence-corrected chi connectivity index (χ4v) is 2.50. The van der Waals surface area contributed by atoms with Gasteiger partial charge in [0.2, 0.25) is 0 Å². The van der Waals surface area contributed by atoms with Crippen LogP contribution in [0.3, 0.4) is 0 Å². The van der Waals surface area contributed by atoms with Crippen LogP contribution in [0.5, 0.6) is 5.75 Å². The van der Waals surface area contributed by atoms with E-state index in [0.29, 0.717) is 10.8 Å². The third-order valence-corrected chi connectivity index (χ3v) is 3.92. The number of carbonyl (C=O) groups is 2. The minimum absolute atomic E-state index is 0.214. The summed E-state index contributed by atoms with van der Waals surface area (Å²) in [5.41, 5.74) is 5.05. The molecule has 0 aliphatic carbocycles. The highest BCUT2D eigenvalue weighted by molar-refractivity contribution is 6.31. The summed E-state index contributed by atoms with van der Waals surface area (Å²) in [5, 5.41) is 0.641. The standard InChI is InChI=1S/C19H15ClN2O5/c1-11-4-2-3-5-15(11)26-10-18(24)21-22-19(25)17-9-14(23)13-8-12(20)6-7-16(13)27-17/h2-9H,10H2,1H3,(H,21,24)(H,22,25). The van der Waals surface area contributed by atoms with Crippen LogP contribution >= 0.6 is 11.6 Å². The molecule has 1 heterocycles. The molecule has 0 saturated heterocycles. The van der Waals surface area contributed by atoms with Gasteiger partial charge in [-0.15, -0.1) is 0 Å². The van der Waals surface area contributed by atoms with Crippen molar-refractivity contribution in [3.63, 3.8) is 0 Å². The predicted molar refractivity (Wildman–Crippen MR) is 99.8 cm³/mol. The second kappa shape index (κ2) is 7.92. The number of aryl methyl sites for hydroxylation is 1.